The molecule has 0 unspecified atom stereocenters. The molecule has 0 spiro atoms. The van der Waals surface area contributed by atoms with E-state index in [0.29, 0.717) is 25.3 Å². The molecule has 25 heavy (non-hydrogen) atoms. The van der Waals surface area contributed by atoms with Gasteiger partial charge in [0.05, 0.1) is 6.61 Å². The number of para-hydroxylation sites is 1. The van der Waals surface area contributed by atoms with Crippen molar-refractivity contribution in [3.63, 3.8) is 0 Å². The first-order valence-corrected chi connectivity index (χ1v) is 8.21. The van der Waals surface area contributed by atoms with E-state index in [4.69, 9.17) is 9.15 Å². The molecule has 1 N–H and O–H groups in total. The Morgan fingerprint density at radius 3 is 2.96 bits per heavy atom. The van der Waals surface area contributed by atoms with E-state index >= 15 is 0 Å². The van der Waals surface area contributed by atoms with Crippen molar-refractivity contribution in [1.82, 2.24) is 10.3 Å². The quantitative estimate of drug-likeness (QED) is 0.527. The average molecular weight is 336 g/mol. The minimum Gasteiger partial charge on any atom is -0.491 e. The average Bonchev–Trinajstić information content (AvgIpc) is 3.05. The van der Waals surface area contributed by atoms with Crippen LogP contribution in [0.25, 0.3) is 17.0 Å². The van der Waals surface area contributed by atoms with E-state index in [0.717, 1.165) is 22.4 Å². The highest BCUT2D eigenvalue weighted by molar-refractivity contribution is 5.91. The normalized spacial score (nSPS) is 11.1. The number of benzene rings is 1. The summed E-state index contributed by atoms with van der Waals surface area (Å²) in [6.07, 6.45) is 5.58. The smallest absolute Gasteiger partial charge is 0.244 e. The van der Waals surface area contributed by atoms with Crippen LogP contribution in [0, 0.1) is 6.92 Å². The second kappa shape index (κ2) is 8.15. The van der Waals surface area contributed by atoms with Gasteiger partial charge in [-0.3, -0.25) is 9.78 Å². The standard InChI is InChI=1S/C20H20N2O3/c1-15-8-9-17(25-15)10-11-19(23)21-13-4-14-24-18-7-2-5-16-6-3-12-22-20(16)18/h2-3,5-12H,4,13-14H2,1H3,(H,21,23)/b11-10+. The van der Waals surface area contributed by atoms with Crippen LogP contribution in [-0.2, 0) is 4.79 Å². The molecule has 2 aromatic heterocycles. The van der Waals surface area contributed by atoms with Crippen molar-refractivity contribution in [1.29, 1.82) is 0 Å². The fraction of sp³-hybridized carbons (Fsp3) is 0.200. The van der Waals surface area contributed by atoms with Gasteiger partial charge in [0, 0.05) is 24.2 Å². The summed E-state index contributed by atoms with van der Waals surface area (Å²) in [5.41, 5.74) is 0.853. The molecule has 0 aliphatic heterocycles. The van der Waals surface area contributed by atoms with Crippen molar-refractivity contribution >= 4 is 22.9 Å². The Labute approximate surface area is 146 Å². The number of carbonyl (C=O) groups excluding carboxylic acids is 1. The molecular formula is C20H20N2O3. The van der Waals surface area contributed by atoms with Crippen LogP contribution in [-0.4, -0.2) is 24.0 Å². The first-order valence-electron chi connectivity index (χ1n) is 8.21. The Morgan fingerprint density at radius 1 is 1.24 bits per heavy atom. The molecular weight excluding hydrogens is 316 g/mol. The summed E-state index contributed by atoms with van der Waals surface area (Å²) in [6, 6.07) is 13.4. The summed E-state index contributed by atoms with van der Waals surface area (Å²) in [7, 11) is 0. The number of amides is 1. The highest BCUT2D eigenvalue weighted by atomic mass is 16.5. The summed E-state index contributed by atoms with van der Waals surface area (Å²) in [6.45, 7) is 2.92. The van der Waals surface area contributed by atoms with Gasteiger partial charge in [-0.1, -0.05) is 18.2 Å². The molecule has 0 saturated carbocycles. The van der Waals surface area contributed by atoms with E-state index < -0.39 is 0 Å². The maximum Gasteiger partial charge on any atom is 0.244 e. The SMILES string of the molecule is Cc1ccc(/C=C/C(=O)NCCCOc2cccc3cccnc23)o1. The monoisotopic (exact) mass is 336 g/mol. The molecule has 5 heteroatoms. The third-order valence-corrected chi connectivity index (χ3v) is 3.63. The van der Waals surface area contributed by atoms with Gasteiger partial charge in [-0.05, 0) is 43.7 Å². The van der Waals surface area contributed by atoms with Crippen LogP contribution in [0.1, 0.15) is 17.9 Å². The van der Waals surface area contributed by atoms with E-state index in [2.05, 4.69) is 10.3 Å². The number of pyridine rings is 1. The Bertz CT molecular complexity index is 878. The number of nitrogens with one attached hydrogen (secondary N) is 1. The van der Waals surface area contributed by atoms with Gasteiger partial charge in [-0.25, -0.2) is 0 Å². The summed E-state index contributed by atoms with van der Waals surface area (Å²) < 4.78 is 11.2. The van der Waals surface area contributed by atoms with Crippen molar-refractivity contribution in [2.45, 2.75) is 13.3 Å². The highest BCUT2D eigenvalue weighted by Gasteiger charge is 2.02. The maximum absolute atomic E-state index is 11.7. The van der Waals surface area contributed by atoms with E-state index in [1.54, 1.807) is 12.3 Å². The number of furan rings is 1. The molecule has 128 valence electrons. The van der Waals surface area contributed by atoms with Crippen LogP contribution < -0.4 is 10.1 Å². The van der Waals surface area contributed by atoms with E-state index in [1.807, 2.05) is 49.4 Å². The predicted molar refractivity (Wildman–Crippen MR) is 97.3 cm³/mol. The molecule has 2 heterocycles. The highest BCUT2D eigenvalue weighted by Crippen LogP contribution is 2.22. The zero-order valence-corrected chi connectivity index (χ0v) is 14.1. The molecule has 1 amide bonds. The molecule has 0 aliphatic rings. The van der Waals surface area contributed by atoms with E-state index in [-0.39, 0.29) is 5.91 Å². The number of aryl methyl sites for hydroxylation is 1. The zero-order chi connectivity index (χ0) is 17.5. The van der Waals surface area contributed by atoms with Crippen molar-refractivity contribution in [2.75, 3.05) is 13.2 Å². The fourth-order valence-electron chi connectivity index (χ4n) is 2.42. The van der Waals surface area contributed by atoms with Gasteiger partial charge in [0.15, 0.2) is 0 Å². The third-order valence-electron chi connectivity index (χ3n) is 3.63. The molecule has 0 bridgehead atoms. The fourth-order valence-corrected chi connectivity index (χ4v) is 2.42. The summed E-state index contributed by atoms with van der Waals surface area (Å²) in [4.78, 5) is 16.1. The minimum absolute atomic E-state index is 0.152. The lowest BCUT2D eigenvalue weighted by molar-refractivity contribution is -0.116. The number of fused-ring (bicyclic) bond motifs is 1. The molecule has 0 atom stereocenters. The second-order valence-corrected chi connectivity index (χ2v) is 5.61. The topological polar surface area (TPSA) is 64.4 Å². The number of hydrogen-bond donors (Lipinski definition) is 1. The van der Waals surface area contributed by atoms with Crippen LogP contribution in [0.5, 0.6) is 5.75 Å². The molecule has 0 radical (unpaired) electrons. The molecule has 0 fully saturated rings. The van der Waals surface area contributed by atoms with Crippen LogP contribution in [0.15, 0.2) is 59.2 Å². The van der Waals surface area contributed by atoms with Gasteiger partial charge in [0.1, 0.15) is 22.8 Å². The number of aromatic nitrogens is 1. The minimum atomic E-state index is -0.152. The number of carbonyl (C=O) groups is 1. The Hall–Kier alpha value is -3.08. The zero-order valence-electron chi connectivity index (χ0n) is 14.1. The third kappa shape index (κ3) is 4.70. The van der Waals surface area contributed by atoms with E-state index in [9.17, 15) is 4.79 Å². The van der Waals surface area contributed by atoms with Crippen molar-refractivity contribution in [3.8, 4) is 5.75 Å². The lowest BCUT2D eigenvalue weighted by Crippen LogP contribution is -2.23. The van der Waals surface area contributed by atoms with Crippen LogP contribution in [0.3, 0.4) is 0 Å². The van der Waals surface area contributed by atoms with Crippen molar-refractivity contribution in [3.05, 3.63) is 66.3 Å². The number of rotatable bonds is 7. The second-order valence-electron chi connectivity index (χ2n) is 5.61. The summed E-state index contributed by atoms with van der Waals surface area (Å²) >= 11 is 0. The molecule has 0 saturated heterocycles. The first kappa shape index (κ1) is 16.8. The van der Waals surface area contributed by atoms with Crippen molar-refractivity contribution in [2.24, 2.45) is 0 Å². The predicted octanol–water partition coefficient (Wildman–Crippen LogP) is 3.73. The molecule has 3 aromatic rings. The first-order chi connectivity index (χ1) is 12.2. The molecule has 1 aromatic carbocycles. The number of ether oxygens (including phenoxy) is 1. The van der Waals surface area contributed by atoms with Gasteiger partial charge in [0.2, 0.25) is 5.91 Å². The lowest BCUT2D eigenvalue weighted by Gasteiger charge is -2.08. The number of nitrogens with zero attached hydrogens (tertiary/aromatic N) is 1. The summed E-state index contributed by atoms with van der Waals surface area (Å²) in [5, 5.41) is 3.87. The Kier molecular flexibility index (Phi) is 5.46. The van der Waals surface area contributed by atoms with Crippen LogP contribution in [0.2, 0.25) is 0 Å². The van der Waals surface area contributed by atoms with Crippen LogP contribution >= 0.6 is 0 Å². The largest absolute Gasteiger partial charge is 0.491 e. The van der Waals surface area contributed by atoms with E-state index in [1.165, 1.54) is 6.08 Å². The number of hydrogen-bond acceptors (Lipinski definition) is 4. The van der Waals surface area contributed by atoms with Gasteiger partial charge in [-0.15, -0.1) is 0 Å². The van der Waals surface area contributed by atoms with Gasteiger partial charge >= 0.3 is 0 Å². The van der Waals surface area contributed by atoms with Gasteiger partial charge < -0.3 is 14.5 Å². The molecule has 5 nitrogen and oxygen atoms in total. The summed E-state index contributed by atoms with van der Waals surface area (Å²) in [5.74, 6) is 2.10. The van der Waals surface area contributed by atoms with Gasteiger partial charge in [-0.2, -0.15) is 0 Å². The molecule has 3 rings (SSSR count). The lowest BCUT2D eigenvalue weighted by atomic mass is 10.2. The maximum atomic E-state index is 11.7. The Morgan fingerprint density at radius 2 is 2.12 bits per heavy atom. The van der Waals surface area contributed by atoms with Crippen LogP contribution in [0.4, 0.5) is 0 Å². The van der Waals surface area contributed by atoms with Gasteiger partial charge in [0.25, 0.3) is 0 Å². The Balaban J connectivity index is 1.41. The molecule has 0 aliphatic carbocycles. The van der Waals surface area contributed by atoms with Crippen molar-refractivity contribution < 1.29 is 13.9 Å².